The molecule has 0 aliphatic rings. The van der Waals surface area contributed by atoms with Crippen molar-refractivity contribution in [2.24, 2.45) is 0 Å². The number of fused-ring (bicyclic) bond motifs is 2. The minimum atomic E-state index is 0.937. The zero-order chi connectivity index (χ0) is 19.7. The molecule has 2 heteroatoms. The van der Waals surface area contributed by atoms with E-state index in [4.69, 9.17) is 9.97 Å². The van der Waals surface area contributed by atoms with Crippen LogP contribution in [0, 0.1) is 0 Å². The Bertz CT molecular complexity index is 1060. The maximum atomic E-state index is 5.18. The van der Waals surface area contributed by atoms with Crippen LogP contribution in [0.2, 0.25) is 0 Å². The maximum Gasteiger partial charge on any atom is 0.0974 e. The predicted octanol–water partition coefficient (Wildman–Crippen LogP) is 6.70. The SMILES string of the molecule is CCc1nc(-c2nc(CC)c(CC)c3ccccc23)c2ccccc2c1CC. The number of benzene rings is 2. The molecule has 2 heterocycles. The van der Waals surface area contributed by atoms with Gasteiger partial charge >= 0.3 is 0 Å². The molecule has 0 saturated carbocycles. The monoisotopic (exact) mass is 368 g/mol. The van der Waals surface area contributed by atoms with Crippen molar-refractivity contribution in [3.05, 3.63) is 71.0 Å². The summed E-state index contributed by atoms with van der Waals surface area (Å²) in [7, 11) is 0. The number of pyridine rings is 2. The second-order valence-corrected chi connectivity index (χ2v) is 7.28. The Labute approximate surface area is 167 Å². The summed E-state index contributed by atoms with van der Waals surface area (Å²) >= 11 is 0. The van der Waals surface area contributed by atoms with Gasteiger partial charge in [-0.25, -0.2) is 0 Å². The maximum absolute atomic E-state index is 5.18. The molecule has 0 amide bonds. The van der Waals surface area contributed by atoms with Gasteiger partial charge in [-0.05, 0) is 47.6 Å². The number of hydrogen-bond donors (Lipinski definition) is 0. The summed E-state index contributed by atoms with van der Waals surface area (Å²) in [6, 6.07) is 17.4. The molecule has 0 saturated heterocycles. The van der Waals surface area contributed by atoms with Crippen molar-refractivity contribution < 1.29 is 0 Å². The number of hydrogen-bond acceptors (Lipinski definition) is 2. The molecule has 2 aromatic heterocycles. The van der Waals surface area contributed by atoms with Gasteiger partial charge in [0.05, 0.1) is 11.4 Å². The standard InChI is InChI=1S/C26H28N2/c1-5-17-19-13-9-11-15-21(19)25(27-23(17)7-3)26-22-16-12-10-14-20(22)18(6-2)24(8-4)28-26/h9-16H,5-8H2,1-4H3. The van der Waals surface area contributed by atoms with Crippen LogP contribution in [0.3, 0.4) is 0 Å². The van der Waals surface area contributed by atoms with Gasteiger partial charge in [-0.2, -0.15) is 0 Å². The van der Waals surface area contributed by atoms with E-state index in [-0.39, 0.29) is 0 Å². The van der Waals surface area contributed by atoms with Crippen LogP contribution in [-0.2, 0) is 25.7 Å². The van der Waals surface area contributed by atoms with Crippen molar-refractivity contribution in [1.82, 2.24) is 9.97 Å². The smallest absolute Gasteiger partial charge is 0.0974 e. The molecule has 0 aliphatic carbocycles. The lowest BCUT2D eigenvalue weighted by molar-refractivity contribution is 0.965. The third-order valence-corrected chi connectivity index (χ3v) is 5.81. The average molecular weight is 369 g/mol. The van der Waals surface area contributed by atoms with E-state index in [0.29, 0.717) is 0 Å². The molecule has 0 bridgehead atoms. The topological polar surface area (TPSA) is 25.8 Å². The summed E-state index contributed by atoms with van der Waals surface area (Å²) in [6.07, 6.45) is 3.87. The summed E-state index contributed by atoms with van der Waals surface area (Å²) in [6.45, 7) is 8.84. The molecule has 0 fully saturated rings. The van der Waals surface area contributed by atoms with Gasteiger partial charge in [0, 0.05) is 22.2 Å². The van der Waals surface area contributed by atoms with Crippen LogP contribution in [0.4, 0.5) is 0 Å². The first-order valence-electron chi connectivity index (χ1n) is 10.5. The van der Waals surface area contributed by atoms with Crippen LogP contribution < -0.4 is 0 Å². The third-order valence-electron chi connectivity index (χ3n) is 5.81. The van der Waals surface area contributed by atoms with Crippen LogP contribution in [0.5, 0.6) is 0 Å². The summed E-state index contributed by atoms with van der Waals surface area (Å²) in [5.74, 6) is 0. The molecule has 142 valence electrons. The zero-order valence-electron chi connectivity index (χ0n) is 17.3. The molecule has 4 aromatic rings. The fraction of sp³-hybridized carbons (Fsp3) is 0.308. The molecule has 2 nitrogen and oxygen atoms in total. The number of aromatic nitrogens is 2. The van der Waals surface area contributed by atoms with Crippen molar-refractivity contribution >= 4 is 21.5 Å². The lowest BCUT2D eigenvalue weighted by atomic mass is 9.94. The van der Waals surface area contributed by atoms with E-state index in [0.717, 1.165) is 37.1 Å². The van der Waals surface area contributed by atoms with Crippen molar-refractivity contribution in [3.8, 4) is 11.4 Å². The Hall–Kier alpha value is -2.74. The van der Waals surface area contributed by atoms with Crippen LogP contribution in [0.1, 0.15) is 50.2 Å². The Kier molecular flexibility index (Phi) is 5.13. The van der Waals surface area contributed by atoms with E-state index >= 15 is 0 Å². The van der Waals surface area contributed by atoms with Gasteiger partial charge in [-0.3, -0.25) is 9.97 Å². The van der Waals surface area contributed by atoms with Gasteiger partial charge < -0.3 is 0 Å². The van der Waals surface area contributed by atoms with Crippen LogP contribution in [0.15, 0.2) is 48.5 Å². The molecular weight excluding hydrogens is 340 g/mol. The van der Waals surface area contributed by atoms with Crippen LogP contribution in [0.25, 0.3) is 32.9 Å². The predicted molar refractivity (Wildman–Crippen MR) is 120 cm³/mol. The van der Waals surface area contributed by atoms with E-state index in [1.54, 1.807) is 0 Å². The van der Waals surface area contributed by atoms with Gasteiger partial charge in [0.2, 0.25) is 0 Å². The normalized spacial score (nSPS) is 11.4. The largest absolute Gasteiger partial charge is 0.250 e. The Balaban J connectivity index is 2.16. The highest BCUT2D eigenvalue weighted by Gasteiger charge is 2.18. The van der Waals surface area contributed by atoms with E-state index in [1.807, 2.05) is 0 Å². The van der Waals surface area contributed by atoms with Crippen LogP contribution >= 0.6 is 0 Å². The summed E-state index contributed by atoms with van der Waals surface area (Å²) in [5, 5.41) is 5.05. The van der Waals surface area contributed by atoms with Gasteiger partial charge in [-0.15, -0.1) is 0 Å². The van der Waals surface area contributed by atoms with Crippen molar-refractivity contribution in [2.75, 3.05) is 0 Å². The molecule has 0 atom stereocenters. The molecule has 0 N–H and O–H groups in total. The Morgan fingerprint density at radius 3 is 1.18 bits per heavy atom. The minimum absolute atomic E-state index is 0.937. The fourth-order valence-electron chi connectivity index (χ4n) is 4.48. The lowest BCUT2D eigenvalue weighted by Gasteiger charge is -2.17. The molecule has 0 spiro atoms. The van der Waals surface area contributed by atoms with Crippen molar-refractivity contribution in [2.45, 2.75) is 53.4 Å². The molecule has 0 unspecified atom stereocenters. The fourth-order valence-corrected chi connectivity index (χ4v) is 4.48. The van der Waals surface area contributed by atoms with E-state index < -0.39 is 0 Å². The second kappa shape index (κ2) is 7.71. The minimum Gasteiger partial charge on any atom is -0.250 e. The number of aryl methyl sites for hydroxylation is 4. The summed E-state index contributed by atoms with van der Waals surface area (Å²) < 4.78 is 0. The molecule has 0 radical (unpaired) electrons. The molecule has 0 aliphatic heterocycles. The van der Waals surface area contributed by atoms with Crippen molar-refractivity contribution in [3.63, 3.8) is 0 Å². The third kappa shape index (κ3) is 2.88. The molecular formula is C26H28N2. The first kappa shape index (κ1) is 18.6. The van der Waals surface area contributed by atoms with E-state index in [2.05, 4.69) is 76.2 Å². The van der Waals surface area contributed by atoms with Gasteiger partial charge in [0.1, 0.15) is 0 Å². The highest BCUT2D eigenvalue weighted by Crippen LogP contribution is 2.36. The zero-order valence-corrected chi connectivity index (χ0v) is 17.3. The first-order valence-corrected chi connectivity index (χ1v) is 10.5. The number of nitrogens with zero attached hydrogens (tertiary/aromatic N) is 2. The quantitative estimate of drug-likeness (QED) is 0.392. The molecule has 28 heavy (non-hydrogen) atoms. The lowest BCUT2D eigenvalue weighted by Crippen LogP contribution is -2.04. The number of rotatable bonds is 5. The second-order valence-electron chi connectivity index (χ2n) is 7.28. The summed E-state index contributed by atoms with van der Waals surface area (Å²) in [4.78, 5) is 10.4. The van der Waals surface area contributed by atoms with Crippen molar-refractivity contribution in [1.29, 1.82) is 0 Å². The van der Waals surface area contributed by atoms with Gasteiger partial charge in [0.25, 0.3) is 0 Å². The van der Waals surface area contributed by atoms with Gasteiger partial charge in [-0.1, -0.05) is 76.2 Å². The Morgan fingerprint density at radius 2 is 0.857 bits per heavy atom. The summed E-state index contributed by atoms with van der Waals surface area (Å²) in [5.41, 5.74) is 7.18. The first-order chi connectivity index (χ1) is 13.7. The molecule has 4 rings (SSSR count). The van der Waals surface area contributed by atoms with E-state index in [1.165, 1.54) is 44.1 Å². The highest BCUT2D eigenvalue weighted by molar-refractivity contribution is 6.04. The van der Waals surface area contributed by atoms with Gasteiger partial charge in [0.15, 0.2) is 0 Å². The Morgan fingerprint density at radius 1 is 0.500 bits per heavy atom. The average Bonchev–Trinajstić information content (AvgIpc) is 2.76. The molecule has 2 aromatic carbocycles. The van der Waals surface area contributed by atoms with Crippen LogP contribution in [-0.4, -0.2) is 9.97 Å². The highest BCUT2D eigenvalue weighted by atomic mass is 14.8. The van der Waals surface area contributed by atoms with E-state index in [9.17, 15) is 0 Å².